The number of aromatic amines is 1. The highest BCUT2D eigenvalue weighted by Crippen LogP contribution is 2.41. The van der Waals surface area contributed by atoms with Crippen LogP contribution in [0.25, 0.3) is 0 Å². The molecule has 12 heteroatoms. The van der Waals surface area contributed by atoms with Gasteiger partial charge in [0.05, 0.1) is 43.8 Å². The van der Waals surface area contributed by atoms with Crippen LogP contribution in [0, 0.1) is 6.92 Å². The van der Waals surface area contributed by atoms with Gasteiger partial charge < -0.3 is 20.4 Å². The van der Waals surface area contributed by atoms with Crippen LogP contribution in [-0.2, 0) is 16.3 Å². The standard InChI is InChI=1S/C31H40Br2N6O3S/c1-18(2)42-27-15-22(21-10-12-35-13-11-21)20(5)14-25(27)36-29-16-23-26(37-29)17-31(32,34)39(33)30(23)38-24-8-6-7-9-28(24)43(40,41)19(3)4/h6-9,14-16,18-19,21,35-37H,10-13,17,34H2,1-5H3. The van der Waals surface area contributed by atoms with E-state index in [4.69, 9.17) is 15.5 Å². The Morgan fingerprint density at radius 1 is 1.14 bits per heavy atom. The number of aliphatic imine (C=N–C) groups is 1. The summed E-state index contributed by atoms with van der Waals surface area (Å²) in [5.41, 5.74) is 12.1. The van der Waals surface area contributed by atoms with Gasteiger partial charge in [0.25, 0.3) is 0 Å². The van der Waals surface area contributed by atoms with Gasteiger partial charge in [-0.1, -0.05) is 12.1 Å². The van der Waals surface area contributed by atoms with E-state index in [1.165, 1.54) is 11.1 Å². The van der Waals surface area contributed by atoms with E-state index in [9.17, 15) is 8.42 Å². The first-order valence-electron chi connectivity index (χ1n) is 14.6. The average molecular weight is 737 g/mol. The summed E-state index contributed by atoms with van der Waals surface area (Å²) in [6, 6.07) is 13.1. The second-order valence-electron chi connectivity index (χ2n) is 11.9. The highest BCUT2D eigenvalue weighted by molar-refractivity contribution is 9.11. The van der Waals surface area contributed by atoms with Gasteiger partial charge in [-0.25, -0.2) is 13.4 Å². The lowest BCUT2D eigenvalue weighted by molar-refractivity contribution is 0.243. The molecule has 1 unspecified atom stereocenters. The maximum Gasteiger partial charge on any atom is 0.182 e. The number of para-hydroxylation sites is 1. The highest BCUT2D eigenvalue weighted by Gasteiger charge is 2.40. The second-order valence-corrected chi connectivity index (χ2v) is 16.4. The number of hydrogen-bond donors (Lipinski definition) is 4. The molecule has 0 aliphatic carbocycles. The van der Waals surface area contributed by atoms with Crippen LogP contribution in [0.4, 0.5) is 17.2 Å². The number of alkyl halides is 1. The van der Waals surface area contributed by atoms with Crippen molar-refractivity contribution in [2.24, 2.45) is 10.7 Å². The van der Waals surface area contributed by atoms with Crippen molar-refractivity contribution in [2.75, 3.05) is 18.4 Å². The zero-order valence-electron chi connectivity index (χ0n) is 25.2. The Morgan fingerprint density at radius 3 is 2.51 bits per heavy atom. The number of halogens is 2. The molecule has 0 bridgehead atoms. The number of amidine groups is 1. The quantitative estimate of drug-likeness (QED) is 0.115. The normalized spacial score (nSPS) is 20.6. The number of sulfone groups is 1. The molecule has 3 heterocycles. The van der Waals surface area contributed by atoms with Gasteiger partial charge in [-0.2, -0.15) is 0 Å². The van der Waals surface area contributed by atoms with E-state index in [1.54, 1.807) is 42.0 Å². The summed E-state index contributed by atoms with van der Waals surface area (Å²) < 4.78 is 33.3. The minimum absolute atomic E-state index is 0.00936. The molecule has 2 aromatic carbocycles. The van der Waals surface area contributed by atoms with Crippen LogP contribution in [0.5, 0.6) is 5.75 Å². The van der Waals surface area contributed by atoms with Crippen molar-refractivity contribution in [2.45, 2.75) is 80.6 Å². The van der Waals surface area contributed by atoms with Crippen LogP contribution in [-0.4, -0.2) is 52.2 Å². The average Bonchev–Trinajstić information content (AvgIpc) is 3.34. The molecule has 3 aromatic rings. The van der Waals surface area contributed by atoms with Gasteiger partial charge in [0, 0.05) is 17.7 Å². The monoisotopic (exact) mass is 734 g/mol. The Bertz CT molecular complexity index is 1630. The third-order valence-electron chi connectivity index (χ3n) is 7.88. The topological polar surface area (TPSA) is 125 Å². The molecule has 2 aliphatic rings. The zero-order valence-corrected chi connectivity index (χ0v) is 29.2. The molecule has 9 nitrogen and oxygen atoms in total. The highest BCUT2D eigenvalue weighted by atomic mass is 79.9. The Labute approximate surface area is 271 Å². The number of aryl methyl sites for hydroxylation is 1. The van der Waals surface area contributed by atoms with Gasteiger partial charge in [-0.3, -0.25) is 9.66 Å². The molecule has 232 valence electrons. The van der Waals surface area contributed by atoms with E-state index in [0.717, 1.165) is 54.4 Å². The first-order valence-corrected chi connectivity index (χ1v) is 17.7. The molecule has 5 rings (SSSR count). The third kappa shape index (κ3) is 6.68. The van der Waals surface area contributed by atoms with Crippen LogP contribution in [0.2, 0.25) is 0 Å². The fourth-order valence-electron chi connectivity index (χ4n) is 5.64. The van der Waals surface area contributed by atoms with E-state index in [-0.39, 0.29) is 11.0 Å². The number of benzene rings is 2. The molecule has 1 aromatic heterocycles. The van der Waals surface area contributed by atoms with Crippen molar-refractivity contribution < 1.29 is 13.2 Å². The first-order chi connectivity index (χ1) is 20.3. The van der Waals surface area contributed by atoms with Crippen LogP contribution < -0.4 is 21.1 Å². The van der Waals surface area contributed by atoms with Crippen molar-refractivity contribution >= 4 is 64.9 Å². The lowest BCUT2D eigenvalue weighted by atomic mass is 9.87. The third-order valence-corrected chi connectivity index (χ3v) is 12.2. The van der Waals surface area contributed by atoms with E-state index in [2.05, 4.69) is 66.8 Å². The molecule has 0 radical (unpaired) electrons. The van der Waals surface area contributed by atoms with Crippen LogP contribution in [0.15, 0.2) is 52.4 Å². The van der Waals surface area contributed by atoms with Gasteiger partial charge in [-0.15, -0.1) is 0 Å². The molecular weight excluding hydrogens is 696 g/mol. The number of H-pyrrole nitrogens is 1. The number of piperidine rings is 1. The van der Waals surface area contributed by atoms with E-state index in [0.29, 0.717) is 23.9 Å². The number of nitrogens with zero attached hydrogens (tertiary/aromatic N) is 2. The minimum atomic E-state index is -3.57. The van der Waals surface area contributed by atoms with Crippen molar-refractivity contribution in [3.8, 4) is 5.75 Å². The maximum atomic E-state index is 13.2. The minimum Gasteiger partial charge on any atom is -0.489 e. The molecule has 5 N–H and O–H groups in total. The molecule has 2 aliphatic heterocycles. The number of anilines is 2. The Hall–Kier alpha value is -2.38. The Balaban J connectivity index is 1.56. The maximum absolute atomic E-state index is 13.2. The zero-order chi connectivity index (χ0) is 31.1. The summed E-state index contributed by atoms with van der Waals surface area (Å²) in [7, 11) is -3.57. The van der Waals surface area contributed by atoms with Crippen LogP contribution >= 0.6 is 32.1 Å². The van der Waals surface area contributed by atoms with Gasteiger partial charge in [-0.05, 0) is 124 Å². The smallest absolute Gasteiger partial charge is 0.182 e. The van der Waals surface area contributed by atoms with E-state index >= 15 is 0 Å². The number of nitrogens with one attached hydrogen (secondary N) is 3. The number of aromatic nitrogens is 1. The fourth-order valence-corrected chi connectivity index (χ4v) is 7.66. The summed E-state index contributed by atoms with van der Waals surface area (Å²) in [6.07, 6.45) is 2.66. The van der Waals surface area contributed by atoms with Crippen LogP contribution in [0.1, 0.15) is 68.8 Å². The fraction of sp³-hybridized carbons (Fsp3) is 0.452. The Kier molecular flexibility index (Phi) is 9.35. The molecule has 43 heavy (non-hydrogen) atoms. The van der Waals surface area contributed by atoms with Crippen LogP contribution in [0.3, 0.4) is 0 Å². The molecule has 0 spiro atoms. The van der Waals surface area contributed by atoms with E-state index < -0.39 is 19.7 Å². The number of nitrogens with two attached hydrogens (primary N) is 1. The predicted octanol–water partition coefficient (Wildman–Crippen LogP) is 6.76. The molecule has 0 amide bonds. The molecule has 1 fully saturated rings. The van der Waals surface area contributed by atoms with E-state index in [1.807, 2.05) is 19.9 Å². The molecular formula is C31H40Br2N6O3S. The largest absolute Gasteiger partial charge is 0.489 e. The van der Waals surface area contributed by atoms with Gasteiger partial charge in [0.15, 0.2) is 20.2 Å². The number of fused-ring (bicyclic) bond motifs is 1. The number of hydrogen-bond acceptors (Lipinski definition) is 7. The van der Waals surface area contributed by atoms with Crippen molar-refractivity contribution in [1.29, 1.82) is 0 Å². The SMILES string of the molecule is Cc1cc(Nc2cc3c([nH]2)CC(N)(Br)N(Br)C3=Nc2ccccc2S(=O)(=O)C(C)C)c(OC(C)C)cc1C1CCNCC1. The summed E-state index contributed by atoms with van der Waals surface area (Å²) in [6.45, 7) is 11.6. The first kappa shape index (κ1) is 32.0. The van der Waals surface area contributed by atoms with Crippen molar-refractivity contribution in [3.05, 3.63) is 64.8 Å². The lowest BCUT2D eigenvalue weighted by Gasteiger charge is -2.37. The lowest BCUT2D eigenvalue weighted by Crippen LogP contribution is -2.53. The van der Waals surface area contributed by atoms with Crippen molar-refractivity contribution in [1.82, 2.24) is 14.2 Å². The summed E-state index contributed by atoms with van der Waals surface area (Å²) >= 11 is 7.23. The number of ether oxygens (including phenoxy) is 1. The summed E-state index contributed by atoms with van der Waals surface area (Å²) in [4.78, 5) is 8.53. The van der Waals surface area contributed by atoms with Crippen molar-refractivity contribution in [3.63, 3.8) is 0 Å². The Morgan fingerprint density at radius 2 is 1.84 bits per heavy atom. The molecule has 1 saturated heterocycles. The molecule has 1 atom stereocenters. The van der Waals surface area contributed by atoms with Gasteiger partial charge in [0.1, 0.15) is 11.6 Å². The second kappa shape index (κ2) is 12.5. The molecule has 0 saturated carbocycles. The van der Waals surface area contributed by atoms with Gasteiger partial charge >= 0.3 is 0 Å². The predicted molar refractivity (Wildman–Crippen MR) is 181 cm³/mol. The summed E-state index contributed by atoms with van der Waals surface area (Å²) in [5, 5.41) is 6.42. The summed E-state index contributed by atoms with van der Waals surface area (Å²) in [5.74, 6) is 2.53. The number of rotatable bonds is 8. The van der Waals surface area contributed by atoms with Gasteiger partial charge in [0.2, 0.25) is 0 Å².